The third-order valence-electron chi connectivity index (χ3n) is 4.39. The van der Waals surface area contributed by atoms with Gasteiger partial charge in [0.2, 0.25) is 0 Å². The Morgan fingerprint density at radius 1 is 1.43 bits per heavy atom. The van der Waals surface area contributed by atoms with Gasteiger partial charge in [0.05, 0.1) is 20.0 Å². The quantitative estimate of drug-likeness (QED) is 0.441. The molecule has 2 aromatic rings. The third-order valence-corrected chi connectivity index (χ3v) is 5.41. The van der Waals surface area contributed by atoms with Crippen LogP contribution in [0.4, 0.5) is 4.39 Å². The van der Waals surface area contributed by atoms with Gasteiger partial charge in [-0.05, 0) is 54.3 Å². The van der Waals surface area contributed by atoms with E-state index in [2.05, 4.69) is 16.5 Å². The lowest BCUT2D eigenvalue weighted by atomic mass is 9.86. The van der Waals surface area contributed by atoms with Crippen LogP contribution in [0.25, 0.3) is 11.0 Å². The van der Waals surface area contributed by atoms with Gasteiger partial charge in [0.25, 0.3) is 0 Å². The minimum Gasteiger partial charge on any atom is -0.324 e. The Morgan fingerprint density at radius 3 is 2.86 bits per heavy atom. The molecule has 0 aliphatic heterocycles. The summed E-state index contributed by atoms with van der Waals surface area (Å²) < 4.78 is 16.8. The molecule has 1 heterocycles. The molecule has 0 saturated heterocycles. The summed E-state index contributed by atoms with van der Waals surface area (Å²) in [7, 11) is 0. The molecule has 0 amide bonds. The van der Waals surface area contributed by atoms with Gasteiger partial charge in [-0.2, -0.15) is 0 Å². The molecule has 0 N–H and O–H groups in total. The van der Waals surface area contributed by atoms with E-state index in [1.54, 1.807) is 6.07 Å². The first-order valence-electron chi connectivity index (χ1n) is 7.48. The van der Waals surface area contributed by atoms with Crippen molar-refractivity contribution in [2.75, 3.05) is 0 Å². The largest absolute Gasteiger partial charge is 0.324 e. The van der Waals surface area contributed by atoms with E-state index in [1.807, 2.05) is 35.6 Å². The maximum absolute atomic E-state index is 14.0. The molecule has 114 valence electrons. The lowest BCUT2D eigenvalue weighted by Gasteiger charge is -2.30. The van der Waals surface area contributed by atoms with Gasteiger partial charge >= 0.3 is 0 Å². The van der Waals surface area contributed by atoms with Crippen LogP contribution in [-0.2, 0) is 0 Å². The van der Waals surface area contributed by atoms with Crippen molar-refractivity contribution < 1.29 is 4.39 Å². The standard InChI is InChI=1S/C16H19ClFIN2/c1-9-4-3-5-11(6-9)21-15-7-12(18)13(19)8-14(15)20-16(21)10(2)17/h7-11H,3-6H2,1-2H3. The fraction of sp³-hybridized carbons (Fsp3) is 0.562. The van der Waals surface area contributed by atoms with Gasteiger partial charge < -0.3 is 4.57 Å². The van der Waals surface area contributed by atoms with E-state index >= 15 is 0 Å². The van der Waals surface area contributed by atoms with Crippen molar-refractivity contribution in [3.05, 3.63) is 27.3 Å². The lowest BCUT2D eigenvalue weighted by Crippen LogP contribution is -2.19. The molecule has 3 unspecified atom stereocenters. The predicted octanol–water partition coefficient (Wildman–Crippen LogP) is 5.83. The monoisotopic (exact) mass is 420 g/mol. The first kappa shape index (κ1) is 15.5. The summed E-state index contributed by atoms with van der Waals surface area (Å²) >= 11 is 8.35. The zero-order valence-electron chi connectivity index (χ0n) is 12.2. The molecule has 1 saturated carbocycles. The number of rotatable bonds is 2. The molecular weight excluding hydrogens is 402 g/mol. The van der Waals surface area contributed by atoms with E-state index in [-0.39, 0.29) is 11.2 Å². The molecule has 0 spiro atoms. The van der Waals surface area contributed by atoms with Gasteiger partial charge in [-0.15, -0.1) is 11.6 Å². The SMILES string of the molecule is CC1CCCC(n2c(C(C)Cl)nc3cc(I)c(F)cc32)C1. The molecule has 0 bridgehead atoms. The molecular formula is C16H19ClFIN2. The Hall–Kier alpha value is -0.360. The fourth-order valence-corrected chi connectivity index (χ4v) is 4.01. The second-order valence-electron chi connectivity index (χ2n) is 6.14. The van der Waals surface area contributed by atoms with E-state index < -0.39 is 0 Å². The Bertz CT molecular complexity index is 668. The maximum Gasteiger partial charge on any atom is 0.138 e. The number of fused-ring (bicyclic) bond motifs is 1. The van der Waals surface area contributed by atoms with Crippen molar-refractivity contribution >= 4 is 45.2 Å². The zero-order valence-corrected chi connectivity index (χ0v) is 15.2. The van der Waals surface area contributed by atoms with Crippen LogP contribution in [-0.4, -0.2) is 9.55 Å². The van der Waals surface area contributed by atoms with Crippen LogP contribution >= 0.6 is 34.2 Å². The topological polar surface area (TPSA) is 17.8 Å². The number of alkyl halides is 1. The zero-order chi connectivity index (χ0) is 15.1. The smallest absolute Gasteiger partial charge is 0.138 e. The number of nitrogens with zero attached hydrogens (tertiary/aromatic N) is 2. The average molecular weight is 421 g/mol. The number of imidazole rings is 1. The van der Waals surface area contributed by atoms with Crippen LogP contribution in [0.2, 0.25) is 0 Å². The highest BCUT2D eigenvalue weighted by molar-refractivity contribution is 14.1. The normalized spacial score (nSPS) is 24.4. The van der Waals surface area contributed by atoms with Crippen molar-refractivity contribution in [2.45, 2.75) is 50.9 Å². The minimum atomic E-state index is -0.179. The summed E-state index contributed by atoms with van der Waals surface area (Å²) in [5.74, 6) is 1.39. The molecule has 2 nitrogen and oxygen atoms in total. The van der Waals surface area contributed by atoms with Crippen molar-refractivity contribution in [2.24, 2.45) is 5.92 Å². The predicted molar refractivity (Wildman–Crippen MR) is 93.3 cm³/mol. The number of hydrogen-bond donors (Lipinski definition) is 0. The van der Waals surface area contributed by atoms with Gasteiger partial charge in [0.1, 0.15) is 11.6 Å². The van der Waals surface area contributed by atoms with Crippen LogP contribution in [0.15, 0.2) is 12.1 Å². The number of aromatic nitrogens is 2. The molecule has 1 fully saturated rings. The van der Waals surface area contributed by atoms with Gasteiger partial charge in [-0.1, -0.05) is 19.8 Å². The average Bonchev–Trinajstić information content (AvgIpc) is 2.78. The third kappa shape index (κ3) is 2.93. The van der Waals surface area contributed by atoms with Crippen molar-refractivity contribution in [1.29, 1.82) is 0 Å². The van der Waals surface area contributed by atoms with E-state index in [0.29, 0.717) is 15.5 Å². The van der Waals surface area contributed by atoms with Crippen LogP contribution in [0.5, 0.6) is 0 Å². The van der Waals surface area contributed by atoms with E-state index in [9.17, 15) is 4.39 Å². The molecule has 1 aromatic heterocycles. The minimum absolute atomic E-state index is 0.171. The first-order valence-corrected chi connectivity index (χ1v) is 9.00. The van der Waals surface area contributed by atoms with E-state index in [4.69, 9.17) is 11.6 Å². The highest BCUT2D eigenvalue weighted by Crippen LogP contribution is 2.38. The second kappa shape index (κ2) is 6.03. The van der Waals surface area contributed by atoms with Crippen LogP contribution in [0, 0.1) is 15.3 Å². The highest BCUT2D eigenvalue weighted by atomic mass is 127. The number of halogens is 3. The summed E-state index contributed by atoms with van der Waals surface area (Å²) in [4.78, 5) is 4.67. The van der Waals surface area contributed by atoms with Gasteiger partial charge in [-0.25, -0.2) is 9.37 Å². The highest BCUT2D eigenvalue weighted by Gasteiger charge is 2.26. The lowest BCUT2D eigenvalue weighted by molar-refractivity contribution is 0.282. The Kier molecular flexibility index (Phi) is 4.46. The molecule has 0 radical (unpaired) electrons. The molecule has 21 heavy (non-hydrogen) atoms. The Morgan fingerprint density at radius 2 is 2.19 bits per heavy atom. The van der Waals surface area contributed by atoms with E-state index in [1.165, 1.54) is 12.8 Å². The molecule has 5 heteroatoms. The van der Waals surface area contributed by atoms with Crippen LogP contribution in [0.1, 0.15) is 56.8 Å². The number of hydrogen-bond acceptors (Lipinski definition) is 1. The Labute approximate surface area is 143 Å². The van der Waals surface area contributed by atoms with Crippen LogP contribution in [0.3, 0.4) is 0 Å². The molecule has 1 aliphatic rings. The first-order chi connectivity index (χ1) is 9.97. The molecule has 1 aliphatic carbocycles. The van der Waals surface area contributed by atoms with Gasteiger partial charge in [0.15, 0.2) is 0 Å². The summed E-state index contributed by atoms with van der Waals surface area (Å²) in [6.07, 6.45) is 4.74. The van der Waals surface area contributed by atoms with Crippen LogP contribution < -0.4 is 0 Å². The van der Waals surface area contributed by atoms with Crippen molar-refractivity contribution in [3.63, 3.8) is 0 Å². The number of benzene rings is 1. The molecule has 3 atom stereocenters. The Balaban J connectivity index is 2.17. The molecule has 3 rings (SSSR count). The van der Waals surface area contributed by atoms with Gasteiger partial charge in [-0.3, -0.25) is 0 Å². The molecule has 1 aromatic carbocycles. The van der Waals surface area contributed by atoms with Crippen molar-refractivity contribution in [3.8, 4) is 0 Å². The summed E-state index contributed by atoms with van der Waals surface area (Å²) in [6.45, 7) is 4.23. The van der Waals surface area contributed by atoms with Crippen molar-refractivity contribution in [1.82, 2.24) is 9.55 Å². The van der Waals surface area contributed by atoms with E-state index in [0.717, 1.165) is 29.7 Å². The fourth-order valence-electron chi connectivity index (χ4n) is 3.41. The second-order valence-corrected chi connectivity index (χ2v) is 7.95. The summed E-state index contributed by atoms with van der Waals surface area (Å²) in [6, 6.07) is 3.82. The summed E-state index contributed by atoms with van der Waals surface area (Å²) in [5.41, 5.74) is 1.73. The maximum atomic E-state index is 14.0. The van der Waals surface area contributed by atoms with Gasteiger partial charge in [0, 0.05) is 12.1 Å². The summed E-state index contributed by atoms with van der Waals surface area (Å²) in [5, 5.41) is -0.171.